The molecule has 8 heterocycles. The van der Waals surface area contributed by atoms with Crippen LogP contribution in [0.15, 0.2) is 79.1 Å². The van der Waals surface area contributed by atoms with Gasteiger partial charge in [0.05, 0.1) is 11.4 Å². The standard InChI is InChI=1S/C54H65N11O5/c55-50-48-49(38-10-13-44(14-11-38)70-43-8-2-1-3-9-43)59-65(51(48)57-35-56-50)42-7-5-25-63(34-42)41-22-30-62(31-23-41)54(69)61-28-18-36(19-29-61)6-4-24-60-26-20-37(21-27-60)39-12-15-45-40(32-39)33-64(53(45)68)46-16-17-47(66)58-52(46)67/h1-3,8-15,32,35-37,41-42,46H,4-7,16-31,33-34H2,(H2,55,56,57)(H,58,66,67)/t42-,46?/m1/s1. The van der Waals surface area contributed by atoms with Gasteiger partial charge < -0.3 is 30.1 Å². The monoisotopic (exact) mass is 948 g/mol. The zero-order valence-corrected chi connectivity index (χ0v) is 40.1. The Labute approximate surface area is 409 Å². The summed E-state index contributed by atoms with van der Waals surface area (Å²) in [6.07, 6.45) is 12.9. The maximum Gasteiger partial charge on any atom is 0.319 e. The molecule has 5 aromatic rings. The molecule has 0 bridgehead atoms. The van der Waals surface area contributed by atoms with Gasteiger partial charge in [-0.3, -0.25) is 24.6 Å². The molecule has 2 aromatic heterocycles. The van der Waals surface area contributed by atoms with Crippen LogP contribution in [-0.4, -0.2) is 139 Å². The second-order valence-corrected chi connectivity index (χ2v) is 20.5. The van der Waals surface area contributed by atoms with Crippen molar-refractivity contribution < 1.29 is 23.9 Å². The predicted octanol–water partition coefficient (Wildman–Crippen LogP) is 7.22. The fraction of sp³-hybridized carbons (Fsp3) is 0.500. The third kappa shape index (κ3) is 9.59. The number of carbonyl (C=O) groups excluding carboxylic acids is 4. The first kappa shape index (κ1) is 46.0. The highest BCUT2D eigenvalue weighted by molar-refractivity contribution is 6.05. The van der Waals surface area contributed by atoms with E-state index < -0.39 is 6.04 Å². The number of nitrogen functional groups attached to an aromatic ring is 1. The molecular formula is C54H65N11O5. The lowest BCUT2D eigenvalue weighted by Gasteiger charge is -2.43. The van der Waals surface area contributed by atoms with E-state index in [9.17, 15) is 19.2 Å². The van der Waals surface area contributed by atoms with Crippen molar-refractivity contribution in [1.29, 1.82) is 0 Å². The number of piperidine rings is 5. The molecule has 5 fully saturated rings. The van der Waals surface area contributed by atoms with Gasteiger partial charge in [-0.1, -0.05) is 30.3 Å². The van der Waals surface area contributed by atoms with Gasteiger partial charge in [-0.05, 0) is 162 Å². The Bertz CT molecular complexity index is 2710. The molecular weight excluding hydrogens is 883 g/mol. The van der Waals surface area contributed by atoms with E-state index in [1.165, 1.54) is 24.7 Å². The molecule has 11 rings (SSSR count). The third-order valence-electron chi connectivity index (χ3n) is 16.2. The van der Waals surface area contributed by atoms with Crippen LogP contribution in [0, 0.1) is 5.92 Å². The van der Waals surface area contributed by atoms with Gasteiger partial charge in [-0.2, -0.15) is 5.10 Å². The molecule has 16 heteroatoms. The van der Waals surface area contributed by atoms with Crippen molar-refractivity contribution in [1.82, 2.24) is 49.6 Å². The first-order chi connectivity index (χ1) is 34.2. The number of ether oxygens (including phenoxy) is 1. The van der Waals surface area contributed by atoms with Crippen LogP contribution < -0.4 is 15.8 Å². The third-order valence-corrected chi connectivity index (χ3v) is 16.2. The molecule has 366 valence electrons. The number of benzene rings is 3. The second-order valence-electron chi connectivity index (χ2n) is 20.5. The quantitative estimate of drug-likeness (QED) is 0.128. The summed E-state index contributed by atoms with van der Waals surface area (Å²) in [6.45, 7) is 8.87. The number of amides is 5. The summed E-state index contributed by atoms with van der Waals surface area (Å²) < 4.78 is 8.13. The number of nitrogens with one attached hydrogen (secondary N) is 1. The van der Waals surface area contributed by atoms with Crippen molar-refractivity contribution in [3.63, 3.8) is 0 Å². The van der Waals surface area contributed by atoms with Gasteiger partial charge in [0.15, 0.2) is 5.65 Å². The molecule has 6 aliphatic heterocycles. The zero-order valence-electron chi connectivity index (χ0n) is 40.1. The molecule has 3 N–H and O–H groups in total. The van der Waals surface area contributed by atoms with Crippen LogP contribution in [0.4, 0.5) is 10.6 Å². The predicted molar refractivity (Wildman–Crippen MR) is 266 cm³/mol. The molecule has 3 aromatic carbocycles. The molecule has 70 heavy (non-hydrogen) atoms. The number of fused-ring (bicyclic) bond motifs is 2. The van der Waals surface area contributed by atoms with Gasteiger partial charge in [-0.15, -0.1) is 0 Å². The molecule has 0 radical (unpaired) electrons. The highest BCUT2D eigenvalue weighted by Crippen LogP contribution is 2.37. The highest BCUT2D eigenvalue weighted by Gasteiger charge is 2.40. The number of para-hydroxylation sites is 1. The Kier molecular flexibility index (Phi) is 13.2. The number of likely N-dealkylation sites (tertiary alicyclic amines) is 4. The largest absolute Gasteiger partial charge is 0.457 e. The topological polar surface area (TPSA) is 175 Å². The normalized spacial score (nSPS) is 22.5. The maximum atomic E-state index is 13.8. The Morgan fingerprint density at radius 1 is 0.771 bits per heavy atom. The lowest BCUT2D eigenvalue weighted by Crippen LogP contribution is -2.53. The summed E-state index contributed by atoms with van der Waals surface area (Å²) in [5.74, 6) is 2.33. The summed E-state index contributed by atoms with van der Waals surface area (Å²) in [7, 11) is 0. The van der Waals surface area contributed by atoms with Gasteiger partial charge in [0.25, 0.3) is 5.91 Å². The van der Waals surface area contributed by atoms with E-state index in [0.717, 1.165) is 150 Å². The van der Waals surface area contributed by atoms with Gasteiger partial charge >= 0.3 is 6.03 Å². The lowest BCUT2D eigenvalue weighted by atomic mass is 9.87. The number of rotatable bonds is 11. The number of anilines is 1. The van der Waals surface area contributed by atoms with Gasteiger partial charge in [-0.25, -0.2) is 19.4 Å². The molecule has 16 nitrogen and oxygen atoms in total. The molecule has 5 saturated heterocycles. The number of carbonyl (C=O) groups is 4. The second kappa shape index (κ2) is 20.1. The van der Waals surface area contributed by atoms with Crippen LogP contribution in [0.2, 0.25) is 0 Å². The summed E-state index contributed by atoms with van der Waals surface area (Å²) in [6, 6.07) is 24.1. The van der Waals surface area contributed by atoms with Crippen molar-refractivity contribution in [3.05, 3.63) is 95.8 Å². The minimum absolute atomic E-state index is 0.114. The van der Waals surface area contributed by atoms with E-state index in [-0.39, 0.29) is 36.2 Å². The Morgan fingerprint density at radius 3 is 2.27 bits per heavy atom. The first-order valence-electron chi connectivity index (χ1n) is 25.8. The van der Waals surface area contributed by atoms with E-state index in [2.05, 4.69) is 46.7 Å². The van der Waals surface area contributed by atoms with Crippen molar-refractivity contribution >= 4 is 40.6 Å². The smallest absolute Gasteiger partial charge is 0.319 e. The number of aromatic nitrogens is 4. The molecule has 0 spiro atoms. The zero-order chi connectivity index (χ0) is 47.7. The van der Waals surface area contributed by atoms with Gasteiger partial charge in [0, 0.05) is 62.9 Å². The number of hydrogen-bond acceptors (Lipinski definition) is 11. The lowest BCUT2D eigenvalue weighted by molar-refractivity contribution is -0.136. The van der Waals surface area contributed by atoms with E-state index in [0.29, 0.717) is 42.2 Å². The fourth-order valence-electron chi connectivity index (χ4n) is 12.2. The number of hydrogen-bond donors (Lipinski definition) is 2. The summed E-state index contributed by atoms with van der Waals surface area (Å²) in [4.78, 5) is 71.3. The van der Waals surface area contributed by atoms with E-state index in [1.54, 1.807) is 4.90 Å². The number of nitrogens with two attached hydrogens (primary N) is 1. The van der Waals surface area contributed by atoms with Crippen LogP contribution in [-0.2, 0) is 16.1 Å². The average Bonchev–Trinajstić information content (AvgIpc) is 3.95. The Morgan fingerprint density at radius 2 is 1.51 bits per heavy atom. The van der Waals surface area contributed by atoms with Crippen LogP contribution in [0.25, 0.3) is 22.3 Å². The minimum atomic E-state index is -0.584. The molecule has 6 aliphatic rings. The molecule has 0 saturated carbocycles. The highest BCUT2D eigenvalue weighted by atomic mass is 16.5. The maximum absolute atomic E-state index is 13.8. The van der Waals surface area contributed by atoms with Gasteiger partial charge in [0.2, 0.25) is 11.8 Å². The van der Waals surface area contributed by atoms with E-state index in [4.69, 9.17) is 20.6 Å². The summed E-state index contributed by atoms with van der Waals surface area (Å²) in [5, 5.41) is 8.36. The summed E-state index contributed by atoms with van der Waals surface area (Å²) in [5.41, 5.74) is 11.9. The number of imide groups is 1. The van der Waals surface area contributed by atoms with Crippen LogP contribution in [0.3, 0.4) is 0 Å². The first-order valence-corrected chi connectivity index (χ1v) is 25.8. The van der Waals surface area contributed by atoms with Gasteiger partial charge in [0.1, 0.15) is 35.4 Å². The molecule has 0 aliphatic carbocycles. The number of nitrogens with zero attached hydrogens (tertiary/aromatic N) is 9. The Hall–Kier alpha value is -6.39. The summed E-state index contributed by atoms with van der Waals surface area (Å²) >= 11 is 0. The molecule has 2 atom stereocenters. The van der Waals surface area contributed by atoms with Crippen LogP contribution in [0.5, 0.6) is 11.5 Å². The van der Waals surface area contributed by atoms with Crippen LogP contribution in [0.1, 0.15) is 110 Å². The van der Waals surface area contributed by atoms with E-state index >= 15 is 0 Å². The SMILES string of the molecule is Nc1ncnc2c1c(-c1ccc(Oc3ccccc3)cc1)nn2[C@@H]1CCCN(C2CCN(C(=O)N3CCC(CCCN4CCC(c5ccc6c(c5)CN(C5CCC(=O)NC5=O)C6=O)CC4)CC3)CC2)C1. The van der Waals surface area contributed by atoms with Crippen molar-refractivity contribution in [2.75, 3.05) is 64.6 Å². The average molecular weight is 948 g/mol. The molecule has 5 amide bonds. The van der Waals surface area contributed by atoms with Crippen LogP contribution >= 0.6 is 0 Å². The fourth-order valence-corrected chi connectivity index (χ4v) is 12.2. The van der Waals surface area contributed by atoms with Crippen molar-refractivity contribution in [2.24, 2.45) is 5.92 Å². The minimum Gasteiger partial charge on any atom is -0.457 e. The van der Waals surface area contributed by atoms with E-state index in [1.807, 2.05) is 60.7 Å². The molecule has 1 unspecified atom stereocenters. The Balaban J connectivity index is 0.608. The van der Waals surface area contributed by atoms with Crippen molar-refractivity contribution in [2.45, 2.75) is 108 Å². The van der Waals surface area contributed by atoms with Crippen molar-refractivity contribution in [3.8, 4) is 22.8 Å². The number of urea groups is 1.